The zero-order valence-corrected chi connectivity index (χ0v) is 11.4. The van der Waals surface area contributed by atoms with E-state index in [1.807, 2.05) is 6.07 Å². The maximum atomic E-state index is 12.2. The molecule has 1 aromatic rings. The van der Waals surface area contributed by atoms with Crippen molar-refractivity contribution < 1.29 is 14.3 Å². The van der Waals surface area contributed by atoms with E-state index < -0.39 is 11.8 Å². The fourth-order valence-corrected chi connectivity index (χ4v) is 2.23. The first-order valence-electron chi connectivity index (χ1n) is 5.95. The highest BCUT2D eigenvalue weighted by Gasteiger charge is 2.33. The summed E-state index contributed by atoms with van der Waals surface area (Å²) in [6.45, 7) is 3.59. The molecule has 22 heavy (non-hydrogen) atoms. The Balaban J connectivity index is 2.90. The van der Waals surface area contributed by atoms with Gasteiger partial charge in [0.2, 0.25) is 0 Å². The molecule has 2 rings (SSSR count). The van der Waals surface area contributed by atoms with Gasteiger partial charge in [-0.3, -0.25) is 4.79 Å². The number of benzene rings is 1. The van der Waals surface area contributed by atoms with Crippen LogP contribution < -0.4 is 0 Å². The zero-order chi connectivity index (χ0) is 16.4. The molecule has 0 saturated carbocycles. The number of carbonyl (C=O) groups excluding carboxylic acids is 2. The maximum Gasteiger partial charge on any atom is 0.339 e. The van der Waals surface area contributed by atoms with Gasteiger partial charge in [-0.05, 0) is 17.7 Å². The van der Waals surface area contributed by atoms with Crippen LogP contribution in [0.3, 0.4) is 0 Å². The molecule has 0 spiro atoms. The van der Waals surface area contributed by atoms with E-state index in [2.05, 4.69) is 11.3 Å². The van der Waals surface area contributed by atoms with Crippen molar-refractivity contribution in [3.63, 3.8) is 0 Å². The standard InChI is InChI=1S/C16H7N3O3/c1-8-14(10(6-18)7-19)12-4-11(16(21)22-2)9(5-17)3-13(12)15(8)20/h3-4H,1H2,2H3. The molecule has 0 saturated heterocycles. The second-order valence-electron chi connectivity index (χ2n) is 4.33. The summed E-state index contributed by atoms with van der Waals surface area (Å²) in [5.41, 5.74) is 0.0819. The summed E-state index contributed by atoms with van der Waals surface area (Å²) in [7, 11) is 1.16. The Labute approximate surface area is 125 Å². The molecular formula is C16H7N3O3. The second-order valence-corrected chi connectivity index (χ2v) is 4.33. The molecule has 6 nitrogen and oxygen atoms in total. The van der Waals surface area contributed by atoms with Crippen LogP contribution in [0.1, 0.15) is 31.8 Å². The van der Waals surface area contributed by atoms with Gasteiger partial charge in [0.15, 0.2) is 5.78 Å². The average molecular weight is 289 g/mol. The van der Waals surface area contributed by atoms with Gasteiger partial charge in [0.05, 0.1) is 18.2 Å². The van der Waals surface area contributed by atoms with Crippen molar-refractivity contribution >= 4 is 17.3 Å². The third kappa shape index (κ3) is 1.95. The Morgan fingerprint density at radius 1 is 1.18 bits per heavy atom. The molecule has 0 N–H and O–H groups in total. The minimum atomic E-state index is -0.751. The van der Waals surface area contributed by atoms with Gasteiger partial charge in [-0.25, -0.2) is 4.79 Å². The van der Waals surface area contributed by atoms with Gasteiger partial charge < -0.3 is 4.74 Å². The van der Waals surface area contributed by atoms with Gasteiger partial charge in [-0.15, -0.1) is 0 Å². The lowest BCUT2D eigenvalue weighted by molar-refractivity contribution is 0.0600. The molecule has 1 aliphatic rings. The largest absolute Gasteiger partial charge is 0.465 e. The van der Waals surface area contributed by atoms with E-state index >= 15 is 0 Å². The molecule has 6 heteroatoms. The number of allylic oxidation sites excluding steroid dienone is 3. The number of esters is 1. The lowest BCUT2D eigenvalue weighted by Gasteiger charge is -2.06. The first-order valence-corrected chi connectivity index (χ1v) is 5.95. The van der Waals surface area contributed by atoms with Gasteiger partial charge in [0.25, 0.3) is 0 Å². The lowest BCUT2D eigenvalue weighted by Crippen LogP contribution is -2.06. The first-order chi connectivity index (χ1) is 10.5. The van der Waals surface area contributed by atoms with Crippen molar-refractivity contribution in [3.8, 4) is 18.2 Å². The van der Waals surface area contributed by atoms with Gasteiger partial charge >= 0.3 is 5.97 Å². The molecule has 1 aromatic carbocycles. The van der Waals surface area contributed by atoms with Crippen molar-refractivity contribution in [2.24, 2.45) is 0 Å². The van der Waals surface area contributed by atoms with Crippen LogP contribution in [0.4, 0.5) is 0 Å². The summed E-state index contributed by atoms with van der Waals surface area (Å²) in [5, 5.41) is 27.1. The van der Waals surface area contributed by atoms with Crippen molar-refractivity contribution in [1.29, 1.82) is 15.8 Å². The van der Waals surface area contributed by atoms with Crippen molar-refractivity contribution in [2.75, 3.05) is 7.11 Å². The highest BCUT2D eigenvalue weighted by Crippen LogP contribution is 2.39. The fraction of sp³-hybridized carbons (Fsp3) is 0.0625. The van der Waals surface area contributed by atoms with Crippen LogP contribution in [0.15, 0.2) is 29.9 Å². The van der Waals surface area contributed by atoms with E-state index in [0.717, 1.165) is 7.11 Å². The summed E-state index contributed by atoms with van der Waals surface area (Å²) in [4.78, 5) is 23.9. The number of hydrogen-bond acceptors (Lipinski definition) is 6. The molecule has 0 radical (unpaired) electrons. The third-order valence-corrected chi connectivity index (χ3v) is 3.25. The second kappa shape index (κ2) is 5.36. The number of ketones is 1. The number of methoxy groups -OCH3 is 1. The van der Waals surface area contributed by atoms with E-state index in [9.17, 15) is 9.59 Å². The van der Waals surface area contributed by atoms with E-state index in [-0.39, 0.29) is 39.0 Å². The number of fused-ring (bicyclic) bond motifs is 1. The molecule has 0 bridgehead atoms. The van der Waals surface area contributed by atoms with Gasteiger partial charge in [-0.2, -0.15) is 15.8 Å². The quantitative estimate of drug-likeness (QED) is 0.443. The number of nitriles is 3. The topological polar surface area (TPSA) is 115 Å². The van der Waals surface area contributed by atoms with E-state index in [1.54, 1.807) is 12.1 Å². The van der Waals surface area contributed by atoms with Gasteiger partial charge in [0, 0.05) is 16.7 Å². The minimum Gasteiger partial charge on any atom is -0.465 e. The first kappa shape index (κ1) is 14.7. The summed E-state index contributed by atoms with van der Waals surface area (Å²) in [5.74, 6) is -1.24. The molecule has 0 aliphatic heterocycles. The Bertz CT molecular complexity index is 886. The third-order valence-electron chi connectivity index (χ3n) is 3.25. The molecule has 0 fully saturated rings. The average Bonchev–Trinajstić information content (AvgIpc) is 2.79. The number of rotatable bonds is 1. The molecular weight excluding hydrogens is 282 g/mol. The van der Waals surface area contributed by atoms with Crippen LogP contribution in [0.2, 0.25) is 0 Å². The predicted molar refractivity (Wildman–Crippen MR) is 74.1 cm³/mol. The van der Waals surface area contributed by atoms with Crippen molar-refractivity contribution in [3.05, 3.63) is 52.1 Å². The summed E-state index contributed by atoms with van der Waals surface area (Å²) in [6.07, 6.45) is 0. The highest BCUT2D eigenvalue weighted by molar-refractivity contribution is 6.27. The van der Waals surface area contributed by atoms with Crippen LogP contribution in [0, 0.1) is 34.0 Å². The van der Waals surface area contributed by atoms with Crippen molar-refractivity contribution in [2.45, 2.75) is 0 Å². The molecule has 0 heterocycles. The lowest BCUT2D eigenvalue weighted by atomic mass is 9.96. The van der Waals surface area contributed by atoms with Crippen LogP contribution in [0.25, 0.3) is 5.57 Å². The molecule has 0 amide bonds. The Kier molecular flexibility index (Phi) is 3.58. The highest BCUT2D eigenvalue weighted by atomic mass is 16.5. The van der Waals surface area contributed by atoms with Crippen LogP contribution in [-0.2, 0) is 4.74 Å². The van der Waals surface area contributed by atoms with Gasteiger partial charge in [0.1, 0.15) is 23.8 Å². The Hall–Kier alpha value is -3.69. The van der Waals surface area contributed by atoms with Crippen LogP contribution in [0.5, 0.6) is 0 Å². The van der Waals surface area contributed by atoms with Gasteiger partial charge in [-0.1, -0.05) is 6.58 Å². The summed E-state index contributed by atoms with van der Waals surface area (Å²) in [6, 6.07) is 7.74. The van der Waals surface area contributed by atoms with E-state index in [4.69, 9.17) is 15.8 Å². The Morgan fingerprint density at radius 2 is 1.82 bits per heavy atom. The van der Waals surface area contributed by atoms with E-state index in [0.29, 0.717) is 0 Å². The molecule has 1 aliphatic carbocycles. The normalized spacial score (nSPS) is 12.0. The van der Waals surface area contributed by atoms with Crippen molar-refractivity contribution in [1.82, 2.24) is 0 Å². The van der Waals surface area contributed by atoms with Crippen LogP contribution >= 0.6 is 0 Å². The number of ether oxygens (including phenoxy) is 1. The number of hydrogen-bond donors (Lipinski definition) is 0. The molecule has 104 valence electrons. The van der Waals surface area contributed by atoms with Crippen LogP contribution in [-0.4, -0.2) is 18.9 Å². The zero-order valence-electron chi connectivity index (χ0n) is 11.4. The summed E-state index contributed by atoms with van der Waals surface area (Å²) >= 11 is 0. The molecule has 0 unspecified atom stereocenters. The maximum absolute atomic E-state index is 12.2. The molecule has 0 aromatic heterocycles. The Morgan fingerprint density at radius 3 is 2.32 bits per heavy atom. The number of nitrogens with zero attached hydrogens (tertiary/aromatic N) is 3. The smallest absolute Gasteiger partial charge is 0.339 e. The predicted octanol–water partition coefficient (Wildman–Crippen LogP) is 1.90. The summed E-state index contributed by atoms with van der Waals surface area (Å²) < 4.78 is 4.60. The minimum absolute atomic E-state index is 0.0148. The monoisotopic (exact) mass is 289 g/mol. The van der Waals surface area contributed by atoms with E-state index in [1.165, 1.54) is 12.1 Å². The molecule has 0 atom stereocenters. The SMILES string of the molecule is C=C1C(=O)c2cc(C#N)c(C(=O)OC)cc2C1=C(C#N)C#N. The number of Topliss-reactive ketones (excluding diaryl/α,β-unsaturated/α-hetero) is 1. The fourth-order valence-electron chi connectivity index (χ4n) is 2.23. The number of carbonyl (C=O) groups is 2.